The Balaban J connectivity index is 2.19. The second-order valence-electron chi connectivity index (χ2n) is 5.92. The van der Waals surface area contributed by atoms with Crippen molar-refractivity contribution < 1.29 is 0 Å². The summed E-state index contributed by atoms with van der Waals surface area (Å²) in [6.07, 6.45) is 5.30. The van der Waals surface area contributed by atoms with Gasteiger partial charge in [-0.05, 0) is 59.4 Å². The highest BCUT2D eigenvalue weighted by atomic mass is 79.9. The largest absolute Gasteiger partial charge is 0.329 e. The van der Waals surface area contributed by atoms with E-state index in [0.717, 1.165) is 15.4 Å². The number of rotatable bonds is 4. The van der Waals surface area contributed by atoms with Crippen LogP contribution in [0.3, 0.4) is 0 Å². The lowest BCUT2D eigenvalue weighted by Gasteiger charge is -2.40. The highest BCUT2D eigenvalue weighted by molar-refractivity contribution is 9.10. The second-order valence-corrected chi connectivity index (χ2v) is 7.18. The maximum absolute atomic E-state index is 6.23. The van der Waals surface area contributed by atoms with Gasteiger partial charge >= 0.3 is 0 Å². The molecule has 2 nitrogen and oxygen atoms in total. The highest BCUT2D eigenvalue weighted by Crippen LogP contribution is 2.34. The first kappa shape index (κ1) is 16.3. The van der Waals surface area contributed by atoms with Crippen LogP contribution in [-0.2, 0) is 0 Å². The summed E-state index contributed by atoms with van der Waals surface area (Å²) in [4.78, 5) is 2.46. The summed E-state index contributed by atoms with van der Waals surface area (Å²) >= 11 is 9.67. The molecular formula is C16H24BrClN2. The lowest BCUT2D eigenvalue weighted by atomic mass is 9.84. The van der Waals surface area contributed by atoms with E-state index in [1.54, 1.807) is 0 Å². The monoisotopic (exact) mass is 358 g/mol. The molecule has 0 amide bonds. The molecule has 20 heavy (non-hydrogen) atoms. The molecule has 1 saturated carbocycles. The lowest BCUT2D eigenvalue weighted by molar-refractivity contribution is 0.0992. The van der Waals surface area contributed by atoms with Crippen molar-refractivity contribution in [3.63, 3.8) is 0 Å². The Hall–Kier alpha value is -0.0900. The summed E-state index contributed by atoms with van der Waals surface area (Å²) in [7, 11) is 2.21. The normalized spacial score (nSPS) is 24.9. The predicted octanol–water partition coefficient (Wildman–Crippen LogP) is 4.61. The summed E-state index contributed by atoms with van der Waals surface area (Å²) in [6, 6.07) is 7.04. The molecule has 2 N–H and O–H groups in total. The predicted molar refractivity (Wildman–Crippen MR) is 90.1 cm³/mol. The zero-order chi connectivity index (χ0) is 14.7. The minimum absolute atomic E-state index is 0.242. The van der Waals surface area contributed by atoms with E-state index in [1.807, 2.05) is 12.1 Å². The number of hydrogen-bond acceptors (Lipinski definition) is 2. The number of benzene rings is 1. The number of nitrogens with two attached hydrogens (primary N) is 1. The molecule has 1 fully saturated rings. The van der Waals surface area contributed by atoms with E-state index in [4.69, 9.17) is 17.3 Å². The quantitative estimate of drug-likeness (QED) is 0.850. The van der Waals surface area contributed by atoms with Crippen LogP contribution in [-0.4, -0.2) is 24.5 Å². The van der Waals surface area contributed by atoms with Gasteiger partial charge in [-0.1, -0.05) is 37.4 Å². The van der Waals surface area contributed by atoms with Gasteiger partial charge in [0.2, 0.25) is 0 Å². The van der Waals surface area contributed by atoms with E-state index in [2.05, 4.69) is 40.9 Å². The SMILES string of the molecule is CC1CCCCC1N(C)C(CN)c1ccc(Br)c(Cl)c1. The van der Waals surface area contributed by atoms with Crippen LogP contribution in [0.2, 0.25) is 5.02 Å². The van der Waals surface area contributed by atoms with Gasteiger partial charge in [0, 0.05) is 23.1 Å². The maximum atomic E-state index is 6.23. The Labute approximate surface area is 135 Å². The third-order valence-corrected chi connectivity index (χ3v) is 5.87. The van der Waals surface area contributed by atoms with Crippen LogP contribution in [0, 0.1) is 5.92 Å². The van der Waals surface area contributed by atoms with Crippen LogP contribution in [0.4, 0.5) is 0 Å². The van der Waals surface area contributed by atoms with E-state index in [9.17, 15) is 0 Å². The van der Waals surface area contributed by atoms with Crippen LogP contribution in [0.5, 0.6) is 0 Å². The minimum Gasteiger partial charge on any atom is -0.329 e. The molecule has 1 aromatic carbocycles. The van der Waals surface area contributed by atoms with Gasteiger partial charge in [0.25, 0.3) is 0 Å². The van der Waals surface area contributed by atoms with Gasteiger partial charge < -0.3 is 5.73 Å². The summed E-state index contributed by atoms with van der Waals surface area (Å²) in [6.45, 7) is 2.99. The van der Waals surface area contributed by atoms with E-state index in [0.29, 0.717) is 12.6 Å². The maximum Gasteiger partial charge on any atom is 0.0551 e. The molecule has 3 unspecified atom stereocenters. The van der Waals surface area contributed by atoms with Crippen LogP contribution in [0.25, 0.3) is 0 Å². The Morgan fingerprint density at radius 1 is 1.40 bits per heavy atom. The van der Waals surface area contributed by atoms with Gasteiger partial charge in [-0.3, -0.25) is 4.90 Å². The zero-order valence-electron chi connectivity index (χ0n) is 12.3. The van der Waals surface area contributed by atoms with Crippen molar-refractivity contribution in [1.29, 1.82) is 0 Å². The average molecular weight is 360 g/mol. The summed E-state index contributed by atoms with van der Waals surface area (Å²) in [5.41, 5.74) is 7.26. The topological polar surface area (TPSA) is 29.3 Å². The van der Waals surface area contributed by atoms with Crippen molar-refractivity contribution in [2.24, 2.45) is 11.7 Å². The molecule has 0 bridgehead atoms. The summed E-state index contributed by atoms with van der Waals surface area (Å²) in [5.74, 6) is 0.744. The summed E-state index contributed by atoms with van der Waals surface area (Å²) in [5, 5.41) is 0.756. The van der Waals surface area contributed by atoms with Crippen molar-refractivity contribution in [2.45, 2.75) is 44.7 Å². The second kappa shape index (κ2) is 7.26. The fraction of sp³-hybridized carbons (Fsp3) is 0.625. The zero-order valence-corrected chi connectivity index (χ0v) is 14.6. The van der Waals surface area contributed by atoms with Crippen LogP contribution < -0.4 is 5.73 Å². The van der Waals surface area contributed by atoms with Gasteiger partial charge in [-0.15, -0.1) is 0 Å². The number of likely N-dealkylation sites (N-methyl/N-ethyl adjacent to an activating group) is 1. The first-order valence-corrected chi connectivity index (χ1v) is 8.58. The molecule has 2 rings (SSSR count). The van der Waals surface area contributed by atoms with Gasteiger partial charge in [0.1, 0.15) is 0 Å². The molecule has 0 heterocycles. The molecule has 112 valence electrons. The van der Waals surface area contributed by atoms with E-state index >= 15 is 0 Å². The highest BCUT2D eigenvalue weighted by Gasteiger charge is 2.29. The third kappa shape index (κ3) is 3.56. The first-order valence-electron chi connectivity index (χ1n) is 7.41. The molecule has 3 atom stereocenters. The Morgan fingerprint density at radius 3 is 2.70 bits per heavy atom. The minimum atomic E-state index is 0.242. The van der Waals surface area contributed by atoms with Crippen molar-refractivity contribution >= 4 is 27.5 Å². The number of hydrogen-bond donors (Lipinski definition) is 1. The standard InChI is InChI=1S/C16H24BrClN2/c1-11-5-3-4-6-15(11)20(2)16(10-19)12-7-8-13(17)14(18)9-12/h7-9,11,15-16H,3-6,10,19H2,1-2H3. The van der Waals surface area contributed by atoms with Crippen LogP contribution in [0.1, 0.15) is 44.2 Å². The molecular weight excluding hydrogens is 336 g/mol. The third-order valence-electron chi connectivity index (χ3n) is 4.63. The van der Waals surface area contributed by atoms with Crippen molar-refractivity contribution in [3.8, 4) is 0 Å². The molecule has 0 aromatic heterocycles. The molecule has 0 spiro atoms. The molecule has 1 aliphatic carbocycles. The first-order chi connectivity index (χ1) is 9.54. The van der Waals surface area contributed by atoms with Gasteiger partial charge in [0.15, 0.2) is 0 Å². The Morgan fingerprint density at radius 2 is 2.10 bits per heavy atom. The lowest BCUT2D eigenvalue weighted by Crippen LogP contribution is -2.43. The average Bonchev–Trinajstić information content (AvgIpc) is 2.44. The van der Waals surface area contributed by atoms with Crippen molar-refractivity contribution in [1.82, 2.24) is 4.90 Å². The van der Waals surface area contributed by atoms with Gasteiger partial charge in [-0.25, -0.2) is 0 Å². The fourth-order valence-corrected chi connectivity index (χ4v) is 3.83. The molecule has 1 aliphatic rings. The molecule has 0 saturated heterocycles. The number of halogens is 2. The van der Waals surface area contributed by atoms with E-state index < -0.39 is 0 Å². The summed E-state index contributed by atoms with van der Waals surface area (Å²) < 4.78 is 0.937. The Bertz CT molecular complexity index is 452. The molecule has 0 aliphatic heterocycles. The Kier molecular flexibility index (Phi) is 5.91. The molecule has 4 heteroatoms. The van der Waals surface area contributed by atoms with Gasteiger partial charge in [-0.2, -0.15) is 0 Å². The van der Waals surface area contributed by atoms with Crippen LogP contribution in [0.15, 0.2) is 22.7 Å². The van der Waals surface area contributed by atoms with Crippen molar-refractivity contribution in [3.05, 3.63) is 33.3 Å². The van der Waals surface area contributed by atoms with Crippen molar-refractivity contribution in [2.75, 3.05) is 13.6 Å². The fourth-order valence-electron chi connectivity index (χ4n) is 3.39. The van der Waals surface area contributed by atoms with E-state index in [-0.39, 0.29) is 6.04 Å². The molecule has 1 aromatic rings. The molecule has 0 radical (unpaired) electrons. The van der Waals surface area contributed by atoms with Crippen LogP contribution >= 0.6 is 27.5 Å². The van der Waals surface area contributed by atoms with E-state index in [1.165, 1.54) is 31.2 Å². The van der Waals surface area contributed by atoms with Gasteiger partial charge in [0.05, 0.1) is 5.02 Å². The number of nitrogens with zero attached hydrogens (tertiary/aromatic N) is 1. The smallest absolute Gasteiger partial charge is 0.0551 e.